The maximum Gasteiger partial charge on any atom is 0.416 e. The van der Waals surface area contributed by atoms with E-state index in [1.807, 2.05) is 0 Å². The summed E-state index contributed by atoms with van der Waals surface area (Å²) in [5.74, 6) is -1.29. The van der Waals surface area contributed by atoms with Crippen molar-refractivity contribution in [3.05, 3.63) is 47.9 Å². The lowest BCUT2D eigenvalue weighted by Crippen LogP contribution is -2.06. The van der Waals surface area contributed by atoms with Gasteiger partial charge in [0.05, 0.1) is 5.56 Å². The standard InChI is InChI=1S/C12H7F3N2O2/c13-12(14,15)8-3-1-7(2-4-8)9-10(11(18)19)17-6-5-16-9/h1-6H,(H,18,19). The Balaban J connectivity index is 2.46. The van der Waals surface area contributed by atoms with Gasteiger partial charge in [-0.15, -0.1) is 0 Å². The van der Waals surface area contributed by atoms with E-state index >= 15 is 0 Å². The molecule has 1 N–H and O–H groups in total. The molecule has 0 aliphatic carbocycles. The molecule has 0 fully saturated rings. The minimum Gasteiger partial charge on any atom is -0.476 e. The first kappa shape index (κ1) is 13.0. The van der Waals surface area contributed by atoms with Gasteiger partial charge in [0.2, 0.25) is 0 Å². The van der Waals surface area contributed by atoms with Gasteiger partial charge in [0.25, 0.3) is 0 Å². The van der Waals surface area contributed by atoms with E-state index in [1.54, 1.807) is 0 Å². The monoisotopic (exact) mass is 268 g/mol. The van der Waals surface area contributed by atoms with E-state index in [1.165, 1.54) is 24.5 Å². The Morgan fingerprint density at radius 3 is 2.16 bits per heavy atom. The van der Waals surface area contributed by atoms with E-state index in [2.05, 4.69) is 9.97 Å². The highest BCUT2D eigenvalue weighted by Gasteiger charge is 2.30. The molecular weight excluding hydrogens is 261 g/mol. The van der Waals surface area contributed by atoms with Gasteiger partial charge in [-0.3, -0.25) is 4.98 Å². The summed E-state index contributed by atoms with van der Waals surface area (Å²) in [6, 6.07) is 4.07. The minimum atomic E-state index is -4.43. The first-order chi connectivity index (χ1) is 8.89. The highest BCUT2D eigenvalue weighted by Crippen LogP contribution is 2.30. The predicted octanol–water partition coefficient (Wildman–Crippen LogP) is 2.86. The number of hydrogen-bond donors (Lipinski definition) is 1. The molecule has 1 aromatic heterocycles. The van der Waals surface area contributed by atoms with Gasteiger partial charge >= 0.3 is 12.1 Å². The molecule has 1 heterocycles. The zero-order valence-electron chi connectivity index (χ0n) is 9.35. The molecule has 7 heteroatoms. The Morgan fingerprint density at radius 1 is 1.05 bits per heavy atom. The number of halogens is 3. The number of nitrogens with zero attached hydrogens (tertiary/aromatic N) is 2. The number of aromatic carboxylic acids is 1. The first-order valence-electron chi connectivity index (χ1n) is 5.11. The van der Waals surface area contributed by atoms with Crippen LogP contribution in [-0.4, -0.2) is 21.0 Å². The van der Waals surface area contributed by atoms with E-state index in [-0.39, 0.29) is 17.0 Å². The summed E-state index contributed by atoms with van der Waals surface area (Å²) in [6.45, 7) is 0. The lowest BCUT2D eigenvalue weighted by atomic mass is 10.1. The number of carbonyl (C=O) groups is 1. The van der Waals surface area contributed by atoms with Gasteiger partial charge in [0.1, 0.15) is 5.69 Å². The van der Waals surface area contributed by atoms with Crippen LogP contribution < -0.4 is 0 Å². The molecule has 4 nitrogen and oxygen atoms in total. The number of carboxylic acids is 1. The Bertz CT molecular complexity index is 609. The van der Waals surface area contributed by atoms with Crippen LogP contribution in [0, 0.1) is 0 Å². The molecule has 0 bridgehead atoms. The summed E-state index contributed by atoms with van der Waals surface area (Å²) in [5.41, 5.74) is -0.818. The van der Waals surface area contributed by atoms with Gasteiger partial charge in [0.15, 0.2) is 5.69 Å². The smallest absolute Gasteiger partial charge is 0.416 e. The Labute approximate surface area is 105 Å². The molecule has 0 aliphatic rings. The summed E-state index contributed by atoms with van der Waals surface area (Å²) < 4.78 is 37.2. The van der Waals surface area contributed by atoms with Crippen molar-refractivity contribution < 1.29 is 23.1 Å². The summed E-state index contributed by atoms with van der Waals surface area (Å²) >= 11 is 0. The second kappa shape index (κ2) is 4.68. The van der Waals surface area contributed by atoms with Crippen molar-refractivity contribution in [3.63, 3.8) is 0 Å². The van der Waals surface area contributed by atoms with Gasteiger partial charge in [-0.1, -0.05) is 12.1 Å². The van der Waals surface area contributed by atoms with E-state index < -0.39 is 17.7 Å². The van der Waals surface area contributed by atoms with E-state index in [0.717, 1.165) is 12.1 Å². The Morgan fingerprint density at radius 2 is 1.63 bits per heavy atom. The van der Waals surface area contributed by atoms with Crippen LogP contribution in [0.2, 0.25) is 0 Å². The van der Waals surface area contributed by atoms with Crippen LogP contribution in [0.4, 0.5) is 13.2 Å². The first-order valence-corrected chi connectivity index (χ1v) is 5.11. The number of alkyl halides is 3. The minimum absolute atomic E-state index is 0.0312. The molecule has 19 heavy (non-hydrogen) atoms. The van der Waals surface area contributed by atoms with E-state index in [9.17, 15) is 18.0 Å². The molecule has 0 atom stereocenters. The van der Waals surface area contributed by atoms with Crippen LogP contribution in [0.1, 0.15) is 16.1 Å². The normalized spacial score (nSPS) is 11.3. The molecule has 0 saturated heterocycles. The lowest BCUT2D eigenvalue weighted by Gasteiger charge is -2.08. The molecule has 0 unspecified atom stereocenters. The summed E-state index contributed by atoms with van der Waals surface area (Å²) in [6.07, 6.45) is -1.95. The third-order valence-corrected chi connectivity index (χ3v) is 2.39. The molecule has 2 rings (SSSR count). The fourth-order valence-electron chi connectivity index (χ4n) is 1.52. The van der Waals surface area contributed by atoms with Gasteiger partial charge in [-0.05, 0) is 12.1 Å². The van der Waals surface area contributed by atoms with Crippen molar-refractivity contribution >= 4 is 5.97 Å². The number of carboxylic acid groups (broad SMARTS) is 1. The van der Waals surface area contributed by atoms with Crippen LogP contribution in [0.25, 0.3) is 11.3 Å². The highest BCUT2D eigenvalue weighted by molar-refractivity contribution is 5.92. The predicted molar refractivity (Wildman–Crippen MR) is 59.4 cm³/mol. The molecular formula is C12H7F3N2O2. The molecule has 0 aliphatic heterocycles. The molecule has 0 amide bonds. The molecule has 98 valence electrons. The average Bonchev–Trinajstić information content (AvgIpc) is 2.38. The quantitative estimate of drug-likeness (QED) is 0.909. The van der Waals surface area contributed by atoms with Gasteiger partial charge in [-0.2, -0.15) is 13.2 Å². The molecule has 0 spiro atoms. The average molecular weight is 268 g/mol. The van der Waals surface area contributed by atoms with Crippen LogP contribution in [0.3, 0.4) is 0 Å². The maximum atomic E-state index is 12.4. The molecule has 1 aromatic carbocycles. The van der Waals surface area contributed by atoms with Crippen LogP contribution in [-0.2, 0) is 6.18 Å². The Hall–Kier alpha value is -2.44. The topological polar surface area (TPSA) is 63.1 Å². The summed E-state index contributed by atoms with van der Waals surface area (Å²) in [4.78, 5) is 18.4. The zero-order valence-corrected chi connectivity index (χ0v) is 9.35. The van der Waals surface area contributed by atoms with Crippen LogP contribution in [0.5, 0.6) is 0 Å². The highest BCUT2D eigenvalue weighted by atomic mass is 19.4. The van der Waals surface area contributed by atoms with E-state index in [0.29, 0.717) is 0 Å². The second-order valence-electron chi connectivity index (χ2n) is 3.63. The number of benzene rings is 1. The molecule has 0 saturated carbocycles. The van der Waals surface area contributed by atoms with Gasteiger partial charge in [-0.25, -0.2) is 9.78 Å². The van der Waals surface area contributed by atoms with Crippen molar-refractivity contribution in [3.8, 4) is 11.3 Å². The number of rotatable bonds is 2. The fraction of sp³-hybridized carbons (Fsp3) is 0.0833. The molecule has 2 aromatic rings. The van der Waals surface area contributed by atoms with Crippen molar-refractivity contribution in [2.45, 2.75) is 6.18 Å². The van der Waals surface area contributed by atoms with Crippen molar-refractivity contribution in [1.82, 2.24) is 9.97 Å². The zero-order chi connectivity index (χ0) is 14.0. The Kier molecular flexibility index (Phi) is 3.20. The van der Waals surface area contributed by atoms with Crippen molar-refractivity contribution in [2.75, 3.05) is 0 Å². The fourth-order valence-corrected chi connectivity index (χ4v) is 1.52. The third-order valence-electron chi connectivity index (χ3n) is 2.39. The lowest BCUT2D eigenvalue weighted by molar-refractivity contribution is -0.137. The number of aromatic nitrogens is 2. The van der Waals surface area contributed by atoms with Crippen molar-refractivity contribution in [1.29, 1.82) is 0 Å². The molecule has 0 radical (unpaired) electrons. The van der Waals surface area contributed by atoms with E-state index in [4.69, 9.17) is 5.11 Å². The van der Waals surface area contributed by atoms with Crippen LogP contribution >= 0.6 is 0 Å². The second-order valence-corrected chi connectivity index (χ2v) is 3.63. The largest absolute Gasteiger partial charge is 0.476 e. The SMILES string of the molecule is O=C(O)c1nccnc1-c1ccc(C(F)(F)F)cc1. The van der Waals surface area contributed by atoms with Crippen molar-refractivity contribution in [2.24, 2.45) is 0 Å². The van der Waals surface area contributed by atoms with Gasteiger partial charge < -0.3 is 5.11 Å². The third kappa shape index (κ3) is 2.70. The maximum absolute atomic E-state index is 12.4. The van der Waals surface area contributed by atoms with Gasteiger partial charge in [0, 0.05) is 18.0 Å². The summed E-state index contributed by atoms with van der Waals surface area (Å²) in [7, 11) is 0. The number of hydrogen-bond acceptors (Lipinski definition) is 3. The summed E-state index contributed by atoms with van der Waals surface area (Å²) in [5, 5.41) is 8.93. The van der Waals surface area contributed by atoms with Crippen LogP contribution in [0.15, 0.2) is 36.7 Å².